The number of amides is 2. The maximum absolute atomic E-state index is 14.0. The second kappa shape index (κ2) is 14.3. The standard InChI is InChI=1S/C29H33BrN4O7S/c1-5-15-31-29(36)21(3)32(18-22-7-6-8-23(30)16-22)28(35)19-33(24-10-12-25(41-4)13-11-24)42(39,40)26-14-9-20(2)27(17-26)34(37)38/h6-14,16-17,21H,5,15,18-19H2,1-4H3,(H,31,36). The van der Waals surface area contributed by atoms with Gasteiger partial charge in [-0.05, 0) is 68.3 Å². The molecule has 0 aliphatic carbocycles. The van der Waals surface area contributed by atoms with Crippen molar-refractivity contribution in [3.05, 3.63) is 92.4 Å². The first-order chi connectivity index (χ1) is 19.9. The van der Waals surface area contributed by atoms with E-state index in [9.17, 15) is 28.1 Å². The summed E-state index contributed by atoms with van der Waals surface area (Å²) < 4.78 is 34.8. The molecule has 0 aliphatic rings. The molecule has 0 heterocycles. The zero-order valence-electron chi connectivity index (χ0n) is 23.7. The van der Waals surface area contributed by atoms with Crippen molar-refractivity contribution in [1.82, 2.24) is 10.2 Å². The molecule has 0 bridgehead atoms. The van der Waals surface area contributed by atoms with Crippen molar-refractivity contribution in [1.29, 1.82) is 0 Å². The van der Waals surface area contributed by atoms with Gasteiger partial charge in [0.1, 0.15) is 18.3 Å². The van der Waals surface area contributed by atoms with E-state index in [2.05, 4.69) is 21.2 Å². The molecule has 224 valence electrons. The topological polar surface area (TPSA) is 139 Å². The second-order valence-corrected chi connectivity index (χ2v) is 12.3. The van der Waals surface area contributed by atoms with Crippen LogP contribution in [0.3, 0.4) is 0 Å². The number of hydrogen-bond acceptors (Lipinski definition) is 7. The Morgan fingerprint density at radius 2 is 1.79 bits per heavy atom. The van der Waals surface area contributed by atoms with E-state index in [0.717, 1.165) is 20.4 Å². The number of carbonyl (C=O) groups is 2. The molecule has 0 aromatic heterocycles. The number of nitrogens with zero attached hydrogens (tertiary/aromatic N) is 3. The van der Waals surface area contributed by atoms with E-state index in [4.69, 9.17) is 4.74 Å². The van der Waals surface area contributed by atoms with Crippen molar-refractivity contribution in [2.45, 2.75) is 44.7 Å². The van der Waals surface area contributed by atoms with Crippen molar-refractivity contribution in [2.24, 2.45) is 0 Å². The lowest BCUT2D eigenvalue weighted by molar-refractivity contribution is -0.385. The highest BCUT2D eigenvalue weighted by atomic mass is 79.9. The number of carbonyl (C=O) groups excluding carboxylic acids is 2. The van der Waals surface area contributed by atoms with Crippen LogP contribution in [0, 0.1) is 17.0 Å². The largest absolute Gasteiger partial charge is 0.497 e. The van der Waals surface area contributed by atoms with E-state index in [1.807, 2.05) is 13.0 Å². The molecule has 13 heteroatoms. The summed E-state index contributed by atoms with van der Waals surface area (Å²) in [5, 5.41) is 14.4. The number of sulfonamides is 1. The first-order valence-corrected chi connectivity index (χ1v) is 15.4. The van der Waals surface area contributed by atoms with Crippen LogP contribution in [0.15, 0.2) is 76.1 Å². The lowest BCUT2D eigenvalue weighted by Gasteiger charge is -2.32. The number of rotatable bonds is 13. The third-order valence-electron chi connectivity index (χ3n) is 6.56. The van der Waals surface area contributed by atoms with Gasteiger partial charge in [-0.3, -0.25) is 24.0 Å². The van der Waals surface area contributed by atoms with Gasteiger partial charge in [-0.2, -0.15) is 0 Å². The van der Waals surface area contributed by atoms with Crippen LogP contribution in [0.2, 0.25) is 0 Å². The summed E-state index contributed by atoms with van der Waals surface area (Å²) in [7, 11) is -3.02. The van der Waals surface area contributed by atoms with Crippen LogP contribution in [-0.2, 0) is 26.2 Å². The molecule has 42 heavy (non-hydrogen) atoms. The van der Waals surface area contributed by atoms with Crippen LogP contribution >= 0.6 is 15.9 Å². The molecule has 1 N–H and O–H groups in total. The fourth-order valence-electron chi connectivity index (χ4n) is 4.16. The number of benzene rings is 3. The molecule has 0 aliphatic heterocycles. The van der Waals surface area contributed by atoms with Gasteiger partial charge in [0.2, 0.25) is 11.8 Å². The van der Waals surface area contributed by atoms with Crippen molar-refractivity contribution < 1.29 is 27.7 Å². The predicted octanol–water partition coefficient (Wildman–Crippen LogP) is 4.81. The third kappa shape index (κ3) is 7.85. The molecule has 1 atom stereocenters. The summed E-state index contributed by atoms with van der Waals surface area (Å²) in [4.78, 5) is 38.8. The van der Waals surface area contributed by atoms with Gasteiger partial charge in [-0.1, -0.05) is 41.1 Å². The monoisotopic (exact) mass is 660 g/mol. The van der Waals surface area contributed by atoms with Crippen LogP contribution in [0.5, 0.6) is 5.75 Å². The number of ether oxygens (including phenoxy) is 1. The number of nitro groups is 1. The molecule has 3 rings (SSSR count). The van der Waals surface area contributed by atoms with Gasteiger partial charge >= 0.3 is 0 Å². The quantitative estimate of drug-likeness (QED) is 0.205. The van der Waals surface area contributed by atoms with E-state index in [1.54, 1.807) is 37.3 Å². The molecule has 3 aromatic carbocycles. The Hall–Kier alpha value is -3.97. The summed E-state index contributed by atoms with van der Waals surface area (Å²) in [5.74, 6) is -0.561. The molecule has 0 saturated carbocycles. The molecule has 0 fully saturated rings. The number of hydrogen-bond donors (Lipinski definition) is 1. The van der Waals surface area contributed by atoms with E-state index in [-0.39, 0.29) is 34.3 Å². The van der Waals surface area contributed by atoms with Crippen molar-refractivity contribution >= 4 is 49.1 Å². The maximum Gasteiger partial charge on any atom is 0.273 e. The van der Waals surface area contributed by atoms with Crippen molar-refractivity contribution in [3.8, 4) is 5.75 Å². The number of anilines is 1. The first kappa shape index (κ1) is 32.5. The Morgan fingerprint density at radius 3 is 2.38 bits per heavy atom. The van der Waals surface area contributed by atoms with Crippen LogP contribution in [0.4, 0.5) is 11.4 Å². The fraction of sp³-hybridized carbons (Fsp3) is 0.310. The molecule has 1 unspecified atom stereocenters. The highest BCUT2D eigenvalue weighted by Gasteiger charge is 2.33. The molecule has 11 nitrogen and oxygen atoms in total. The van der Waals surface area contributed by atoms with Crippen LogP contribution in [0.1, 0.15) is 31.4 Å². The fourth-order valence-corrected chi connectivity index (χ4v) is 6.04. The van der Waals surface area contributed by atoms with Crippen LogP contribution in [-0.4, -0.2) is 56.3 Å². The van der Waals surface area contributed by atoms with Gasteiger partial charge in [0.15, 0.2) is 0 Å². The molecular formula is C29H33BrN4O7S. The highest BCUT2D eigenvalue weighted by Crippen LogP contribution is 2.29. The minimum atomic E-state index is -4.48. The van der Waals surface area contributed by atoms with Gasteiger partial charge in [-0.25, -0.2) is 8.42 Å². The second-order valence-electron chi connectivity index (χ2n) is 9.53. The van der Waals surface area contributed by atoms with E-state index in [1.165, 1.54) is 43.2 Å². The Bertz CT molecular complexity index is 1550. The number of halogens is 1. The lowest BCUT2D eigenvalue weighted by Crippen LogP contribution is -2.51. The minimum Gasteiger partial charge on any atom is -0.497 e. The van der Waals surface area contributed by atoms with E-state index in [0.29, 0.717) is 18.7 Å². The molecule has 2 amide bonds. The maximum atomic E-state index is 14.0. The van der Waals surface area contributed by atoms with Gasteiger partial charge < -0.3 is 15.0 Å². The first-order valence-electron chi connectivity index (χ1n) is 13.1. The molecular weight excluding hydrogens is 628 g/mol. The molecule has 0 spiro atoms. The summed E-state index contributed by atoms with van der Waals surface area (Å²) in [6, 6.07) is 15.9. The number of nitrogens with one attached hydrogen (secondary N) is 1. The van der Waals surface area contributed by atoms with Crippen molar-refractivity contribution in [2.75, 3.05) is 24.5 Å². The SMILES string of the molecule is CCCNC(=O)C(C)N(Cc1cccc(Br)c1)C(=O)CN(c1ccc(OC)cc1)S(=O)(=O)c1ccc(C)c([N+](=O)[O-])c1. The van der Waals surface area contributed by atoms with Crippen LogP contribution < -0.4 is 14.4 Å². The Labute approximate surface area is 253 Å². The predicted molar refractivity (Wildman–Crippen MR) is 163 cm³/mol. The van der Waals surface area contributed by atoms with Crippen LogP contribution in [0.25, 0.3) is 0 Å². The molecule has 0 saturated heterocycles. The summed E-state index contributed by atoms with van der Waals surface area (Å²) in [6.45, 7) is 4.77. The van der Waals surface area contributed by atoms with E-state index < -0.39 is 33.4 Å². The zero-order valence-corrected chi connectivity index (χ0v) is 26.1. The van der Waals surface area contributed by atoms with Gasteiger partial charge in [0.25, 0.3) is 15.7 Å². The van der Waals surface area contributed by atoms with Gasteiger partial charge in [0, 0.05) is 29.2 Å². The normalized spacial score (nSPS) is 11.8. The summed E-state index contributed by atoms with van der Waals surface area (Å²) in [6.07, 6.45) is 0.699. The lowest BCUT2D eigenvalue weighted by atomic mass is 10.1. The highest BCUT2D eigenvalue weighted by molar-refractivity contribution is 9.10. The average Bonchev–Trinajstić information content (AvgIpc) is 2.96. The Morgan fingerprint density at radius 1 is 1.10 bits per heavy atom. The van der Waals surface area contributed by atoms with Gasteiger partial charge in [0.05, 0.1) is 22.6 Å². The minimum absolute atomic E-state index is 0.0332. The third-order valence-corrected chi connectivity index (χ3v) is 8.83. The number of nitro benzene ring substituents is 1. The molecule has 3 aromatic rings. The zero-order chi connectivity index (χ0) is 31.0. The Balaban J connectivity index is 2.08. The van der Waals surface area contributed by atoms with Crippen molar-refractivity contribution in [3.63, 3.8) is 0 Å². The average molecular weight is 662 g/mol. The number of methoxy groups -OCH3 is 1. The Kier molecular flexibility index (Phi) is 11.1. The number of aryl methyl sites for hydroxylation is 1. The smallest absolute Gasteiger partial charge is 0.273 e. The summed E-state index contributed by atoms with van der Waals surface area (Å²) in [5.41, 5.74) is 0.784. The summed E-state index contributed by atoms with van der Waals surface area (Å²) >= 11 is 3.42. The molecule has 0 radical (unpaired) electrons. The van der Waals surface area contributed by atoms with Gasteiger partial charge in [-0.15, -0.1) is 0 Å². The van der Waals surface area contributed by atoms with E-state index >= 15 is 0 Å².